The summed E-state index contributed by atoms with van der Waals surface area (Å²) in [5.74, 6) is 0.894. The highest BCUT2D eigenvalue weighted by Crippen LogP contribution is 2.32. The van der Waals surface area contributed by atoms with E-state index in [4.69, 9.17) is 0 Å². The molecule has 4 nitrogen and oxygen atoms in total. The predicted octanol–water partition coefficient (Wildman–Crippen LogP) is 0.942. The van der Waals surface area contributed by atoms with E-state index < -0.39 is 0 Å². The molecule has 0 spiro atoms. The van der Waals surface area contributed by atoms with E-state index in [-0.39, 0.29) is 0 Å². The van der Waals surface area contributed by atoms with E-state index in [0.29, 0.717) is 6.04 Å². The third-order valence-corrected chi connectivity index (χ3v) is 4.91. The summed E-state index contributed by atoms with van der Waals surface area (Å²) in [6.45, 7) is 13.2. The Bertz CT molecular complexity index is 272. The van der Waals surface area contributed by atoms with Gasteiger partial charge in [0.1, 0.15) is 0 Å². The maximum Gasteiger partial charge on any atom is 0.0137 e. The third kappa shape index (κ3) is 4.69. The number of hydrogen-bond acceptors (Lipinski definition) is 4. The van der Waals surface area contributed by atoms with Gasteiger partial charge in [0.15, 0.2) is 0 Å². The first kappa shape index (κ1) is 16.2. The number of piperazine rings is 1. The van der Waals surface area contributed by atoms with Crippen LogP contribution in [0.2, 0.25) is 0 Å². The summed E-state index contributed by atoms with van der Waals surface area (Å²) in [5.41, 5.74) is 0. The average Bonchev–Trinajstić information content (AvgIpc) is 2.36. The number of nitrogens with one attached hydrogen (secondary N) is 1. The molecule has 0 radical (unpaired) electrons. The van der Waals surface area contributed by atoms with E-state index in [1.807, 2.05) is 0 Å². The van der Waals surface area contributed by atoms with Crippen LogP contribution in [0.25, 0.3) is 0 Å². The molecule has 118 valence electrons. The van der Waals surface area contributed by atoms with Crippen LogP contribution in [0.4, 0.5) is 0 Å². The summed E-state index contributed by atoms with van der Waals surface area (Å²) in [4.78, 5) is 7.66. The quantitative estimate of drug-likeness (QED) is 0.750. The molecule has 1 saturated heterocycles. The molecule has 1 aliphatic carbocycles. The molecule has 2 atom stereocenters. The van der Waals surface area contributed by atoms with Crippen molar-refractivity contribution >= 4 is 0 Å². The monoisotopic (exact) mass is 282 g/mol. The van der Waals surface area contributed by atoms with Crippen molar-refractivity contribution in [2.45, 2.75) is 38.8 Å². The van der Waals surface area contributed by atoms with Gasteiger partial charge in [0.2, 0.25) is 0 Å². The Labute approximate surface area is 125 Å². The van der Waals surface area contributed by atoms with E-state index in [0.717, 1.165) is 12.0 Å². The van der Waals surface area contributed by atoms with Crippen molar-refractivity contribution in [3.8, 4) is 0 Å². The van der Waals surface area contributed by atoms with Gasteiger partial charge < -0.3 is 10.2 Å². The van der Waals surface area contributed by atoms with E-state index in [2.05, 4.69) is 48.0 Å². The molecular formula is C16H34N4. The Morgan fingerprint density at radius 2 is 1.80 bits per heavy atom. The fourth-order valence-electron chi connectivity index (χ4n) is 3.32. The van der Waals surface area contributed by atoms with Gasteiger partial charge in [-0.25, -0.2) is 0 Å². The van der Waals surface area contributed by atoms with E-state index in [9.17, 15) is 0 Å². The van der Waals surface area contributed by atoms with Crippen molar-refractivity contribution in [3.05, 3.63) is 0 Å². The van der Waals surface area contributed by atoms with Crippen molar-refractivity contribution in [1.29, 1.82) is 0 Å². The van der Waals surface area contributed by atoms with Crippen LogP contribution < -0.4 is 5.32 Å². The van der Waals surface area contributed by atoms with Gasteiger partial charge in [-0.15, -0.1) is 0 Å². The molecule has 4 heteroatoms. The summed E-state index contributed by atoms with van der Waals surface area (Å²) < 4.78 is 0. The Morgan fingerprint density at radius 3 is 2.30 bits per heavy atom. The lowest BCUT2D eigenvalue weighted by atomic mass is 9.78. The highest BCUT2D eigenvalue weighted by Gasteiger charge is 2.36. The smallest absolute Gasteiger partial charge is 0.0137 e. The highest BCUT2D eigenvalue weighted by molar-refractivity contribution is 4.92. The largest absolute Gasteiger partial charge is 0.314 e. The summed E-state index contributed by atoms with van der Waals surface area (Å²) in [7, 11) is 4.33. The van der Waals surface area contributed by atoms with Crippen molar-refractivity contribution in [3.63, 3.8) is 0 Å². The molecule has 1 saturated carbocycles. The zero-order chi connectivity index (χ0) is 14.5. The molecule has 0 amide bonds. The maximum absolute atomic E-state index is 3.62. The van der Waals surface area contributed by atoms with Gasteiger partial charge in [0.05, 0.1) is 0 Å². The van der Waals surface area contributed by atoms with Crippen LogP contribution in [0, 0.1) is 5.92 Å². The van der Waals surface area contributed by atoms with Crippen LogP contribution in [0.3, 0.4) is 0 Å². The lowest BCUT2D eigenvalue weighted by Gasteiger charge is -2.48. The molecule has 2 aliphatic rings. The number of likely N-dealkylation sites (N-methyl/N-ethyl adjacent to an activating group) is 1. The molecule has 2 fully saturated rings. The second-order valence-electron chi connectivity index (χ2n) is 7.15. The Balaban J connectivity index is 1.66. The van der Waals surface area contributed by atoms with Gasteiger partial charge in [-0.3, -0.25) is 9.80 Å². The predicted molar refractivity (Wildman–Crippen MR) is 86.2 cm³/mol. The topological polar surface area (TPSA) is 21.8 Å². The molecule has 2 unspecified atom stereocenters. The SMILES string of the molecule is CC(C)NCC1CCC1N1CCN(CCN(C)C)CC1. The van der Waals surface area contributed by atoms with Gasteiger partial charge in [-0.05, 0) is 39.4 Å². The van der Waals surface area contributed by atoms with E-state index >= 15 is 0 Å². The van der Waals surface area contributed by atoms with Crippen LogP contribution in [-0.4, -0.2) is 86.7 Å². The molecule has 1 N–H and O–H groups in total. The van der Waals surface area contributed by atoms with Gasteiger partial charge >= 0.3 is 0 Å². The first-order chi connectivity index (χ1) is 9.56. The lowest BCUT2D eigenvalue weighted by Crippen LogP contribution is -2.57. The lowest BCUT2D eigenvalue weighted by molar-refractivity contribution is 0.0193. The minimum Gasteiger partial charge on any atom is -0.314 e. The first-order valence-corrected chi connectivity index (χ1v) is 8.40. The molecule has 1 heterocycles. The normalized spacial score (nSPS) is 29.1. The van der Waals surface area contributed by atoms with Crippen molar-refractivity contribution < 1.29 is 0 Å². The van der Waals surface area contributed by atoms with Gasteiger partial charge in [-0.1, -0.05) is 13.8 Å². The molecule has 0 aromatic heterocycles. The molecule has 0 aromatic carbocycles. The molecule has 20 heavy (non-hydrogen) atoms. The third-order valence-electron chi connectivity index (χ3n) is 4.91. The van der Waals surface area contributed by atoms with Gasteiger partial charge in [0.25, 0.3) is 0 Å². The molecule has 0 aromatic rings. The van der Waals surface area contributed by atoms with E-state index in [1.165, 1.54) is 58.7 Å². The number of nitrogens with zero attached hydrogens (tertiary/aromatic N) is 3. The maximum atomic E-state index is 3.62. The van der Waals surface area contributed by atoms with Crippen molar-refractivity contribution in [2.75, 3.05) is 59.9 Å². The zero-order valence-corrected chi connectivity index (χ0v) is 13.9. The highest BCUT2D eigenvalue weighted by atomic mass is 15.3. The van der Waals surface area contributed by atoms with Crippen LogP contribution in [0.15, 0.2) is 0 Å². The van der Waals surface area contributed by atoms with Gasteiger partial charge in [0, 0.05) is 51.4 Å². The second kappa shape index (κ2) is 7.74. The van der Waals surface area contributed by atoms with Crippen LogP contribution in [0.1, 0.15) is 26.7 Å². The second-order valence-corrected chi connectivity index (χ2v) is 7.15. The zero-order valence-electron chi connectivity index (χ0n) is 13.9. The van der Waals surface area contributed by atoms with Crippen molar-refractivity contribution in [2.24, 2.45) is 5.92 Å². The fraction of sp³-hybridized carbons (Fsp3) is 1.00. The number of hydrogen-bond donors (Lipinski definition) is 1. The summed E-state index contributed by atoms with van der Waals surface area (Å²) in [6, 6.07) is 1.48. The Kier molecular flexibility index (Phi) is 6.27. The summed E-state index contributed by atoms with van der Waals surface area (Å²) in [6.07, 6.45) is 2.84. The molecule has 0 bridgehead atoms. The summed E-state index contributed by atoms with van der Waals surface area (Å²) >= 11 is 0. The Hall–Kier alpha value is -0.160. The van der Waals surface area contributed by atoms with Gasteiger partial charge in [-0.2, -0.15) is 0 Å². The van der Waals surface area contributed by atoms with Crippen LogP contribution in [-0.2, 0) is 0 Å². The molecule has 1 aliphatic heterocycles. The minimum atomic E-state index is 0.624. The Morgan fingerprint density at radius 1 is 1.10 bits per heavy atom. The van der Waals surface area contributed by atoms with Crippen molar-refractivity contribution in [1.82, 2.24) is 20.0 Å². The molecule has 2 rings (SSSR count). The standard InChI is InChI=1S/C16H34N4/c1-14(2)17-13-15-5-6-16(15)20-11-9-19(10-12-20)8-7-18(3)4/h14-17H,5-13H2,1-4H3. The first-order valence-electron chi connectivity index (χ1n) is 8.40. The van der Waals surface area contributed by atoms with Crippen LogP contribution >= 0.6 is 0 Å². The molecular weight excluding hydrogens is 248 g/mol. The number of rotatable bonds is 7. The van der Waals surface area contributed by atoms with E-state index in [1.54, 1.807) is 0 Å². The summed E-state index contributed by atoms with van der Waals surface area (Å²) in [5, 5.41) is 3.62. The average molecular weight is 282 g/mol. The van der Waals surface area contributed by atoms with Crippen LogP contribution in [0.5, 0.6) is 0 Å². The minimum absolute atomic E-state index is 0.624. The fourth-order valence-corrected chi connectivity index (χ4v) is 3.32.